The fourth-order valence-electron chi connectivity index (χ4n) is 1.93. The zero-order valence-electron chi connectivity index (χ0n) is 13.4. The van der Waals surface area contributed by atoms with Gasteiger partial charge >= 0.3 is 5.97 Å². The molecule has 120 valence electrons. The molecule has 0 spiro atoms. The highest BCUT2D eigenvalue weighted by Crippen LogP contribution is 2.20. The van der Waals surface area contributed by atoms with Crippen molar-refractivity contribution in [3.8, 4) is 0 Å². The largest absolute Gasteiger partial charge is 0.465 e. The number of esters is 1. The lowest BCUT2D eigenvalue weighted by Gasteiger charge is -2.28. The van der Waals surface area contributed by atoms with E-state index < -0.39 is 5.54 Å². The molecule has 2 atom stereocenters. The minimum Gasteiger partial charge on any atom is -0.465 e. The third-order valence-electron chi connectivity index (χ3n) is 3.25. The second-order valence-corrected chi connectivity index (χ2v) is 6.82. The molecule has 0 bridgehead atoms. The number of hydrogen-bond donors (Lipinski definition) is 2. The van der Waals surface area contributed by atoms with Gasteiger partial charge in [0.25, 0.3) is 0 Å². The molecule has 0 radical (unpaired) electrons. The number of carbonyl (C=O) groups is 1. The van der Waals surface area contributed by atoms with Crippen molar-refractivity contribution in [1.29, 1.82) is 0 Å². The van der Waals surface area contributed by atoms with Crippen LogP contribution < -0.4 is 5.32 Å². The Hall–Kier alpha value is -0.260. The Kier molecular flexibility index (Phi) is 11.3. The van der Waals surface area contributed by atoms with E-state index in [9.17, 15) is 4.79 Å². The summed E-state index contributed by atoms with van der Waals surface area (Å²) in [5.74, 6) is 0.853. The second kappa shape index (κ2) is 11.4. The zero-order chi connectivity index (χ0) is 15.4. The van der Waals surface area contributed by atoms with Gasteiger partial charge in [-0.3, -0.25) is 4.79 Å². The van der Waals surface area contributed by atoms with Gasteiger partial charge in [-0.1, -0.05) is 13.8 Å². The molecule has 5 heteroatoms. The Bertz CT molecular complexity index is 264. The molecule has 0 aliphatic heterocycles. The molecule has 0 fully saturated rings. The van der Waals surface area contributed by atoms with E-state index in [0.29, 0.717) is 11.9 Å². The topological polar surface area (TPSA) is 58.6 Å². The molecule has 2 N–H and O–H groups in total. The van der Waals surface area contributed by atoms with Gasteiger partial charge in [-0.05, 0) is 51.8 Å². The van der Waals surface area contributed by atoms with Gasteiger partial charge in [-0.15, -0.1) is 0 Å². The van der Waals surface area contributed by atoms with Crippen LogP contribution in [0, 0.1) is 0 Å². The van der Waals surface area contributed by atoms with Gasteiger partial charge < -0.3 is 15.2 Å². The molecule has 2 unspecified atom stereocenters. The SMILES string of the molecule is CCCNC(C)(CCCSC(C)CCO)C(=O)OCC. The van der Waals surface area contributed by atoms with E-state index >= 15 is 0 Å². The minimum absolute atomic E-state index is 0.151. The van der Waals surface area contributed by atoms with Gasteiger partial charge in [0.1, 0.15) is 5.54 Å². The molecule has 20 heavy (non-hydrogen) atoms. The van der Waals surface area contributed by atoms with E-state index in [-0.39, 0.29) is 12.6 Å². The average molecular weight is 305 g/mol. The molecule has 4 nitrogen and oxygen atoms in total. The summed E-state index contributed by atoms with van der Waals surface area (Å²) in [7, 11) is 0. The number of nitrogens with one attached hydrogen (secondary N) is 1. The first-order valence-corrected chi connectivity index (χ1v) is 8.69. The normalized spacial score (nSPS) is 15.7. The van der Waals surface area contributed by atoms with E-state index in [0.717, 1.165) is 38.0 Å². The Morgan fingerprint density at radius 1 is 1.45 bits per heavy atom. The predicted octanol–water partition coefficient (Wildman–Crippen LogP) is 2.59. The minimum atomic E-state index is -0.577. The average Bonchev–Trinajstić information content (AvgIpc) is 2.42. The van der Waals surface area contributed by atoms with E-state index in [1.165, 1.54) is 0 Å². The van der Waals surface area contributed by atoms with E-state index in [2.05, 4.69) is 19.2 Å². The van der Waals surface area contributed by atoms with Crippen LogP contribution in [0.3, 0.4) is 0 Å². The fraction of sp³-hybridized carbons (Fsp3) is 0.933. The first-order valence-electron chi connectivity index (χ1n) is 7.64. The maximum atomic E-state index is 12.1. The van der Waals surface area contributed by atoms with Crippen LogP contribution >= 0.6 is 11.8 Å². The number of rotatable bonds is 12. The van der Waals surface area contributed by atoms with E-state index in [1.807, 2.05) is 25.6 Å². The maximum absolute atomic E-state index is 12.1. The first-order chi connectivity index (χ1) is 9.50. The molecule has 0 aliphatic rings. The van der Waals surface area contributed by atoms with E-state index in [4.69, 9.17) is 9.84 Å². The zero-order valence-corrected chi connectivity index (χ0v) is 14.2. The Morgan fingerprint density at radius 3 is 2.70 bits per heavy atom. The van der Waals surface area contributed by atoms with Crippen molar-refractivity contribution in [1.82, 2.24) is 5.32 Å². The third kappa shape index (κ3) is 8.12. The van der Waals surface area contributed by atoms with Crippen LogP contribution in [0.2, 0.25) is 0 Å². The van der Waals surface area contributed by atoms with Crippen LogP contribution in [0.4, 0.5) is 0 Å². The Morgan fingerprint density at radius 2 is 2.15 bits per heavy atom. The number of hydrogen-bond acceptors (Lipinski definition) is 5. The van der Waals surface area contributed by atoms with Crippen LogP contribution in [-0.2, 0) is 9.53 Å². The molecule has 0 aliphatic carbocycles. The number of thioether (sulfide) groups is 1. The van der Waals surface area contributed by atoms with Gasteiger partial charge in [0.2, 0.25) is 0 Å². The monoisotopic (exact) mass is 305 g/mol. The Labute approximate surface area is 128 Å². The number of carbonyl (C=O) groups excluding carboxylic acids is 1. The van der Waals surface area contributed by atoms with Crippen molar-refractivity contribution in [3.05, 3.63) is 0 Å². The molecule has 0 aromatic rings. The highest BCUT2D eigenvalue weighted by molar-refractivity contribution is 7.99. The van der Waals surface area contributed by atoms with Gasteiger partial charge in [0.05, 0.1) is 6.61 Å². The summed E-state index contributed by atoms with van der Waals surface area (Å²) >= 11 is 1.85. The van der Waals surface area contributed by atoms with Crippen LogP contribution in [0.25, 0.3) is 0 Å². The third-order valence-corrected chi connectivity index (χ3v) is 4.58. The first kappa shape index (κ1) is 19.7. The number of ether oxygens (including phenoxy) is 1. The molecular formula is C15H31NO3S. The lowest BCUT2D eigenvalue weighted by atomic mass is 9.96. The molecule has 0 saturated carbocycles. The standard InChI is InChI=1S/C15H31NO3S/c1-5-10-16-15(4,14(18)19-6-2)9-7-12-20-13(3)8-11-17/h13,16-17H,5-12H2,1-4H3. The van der Waals surface area contributed by atoms with Crippen molar-refractivity contribution in [3.63, 3.8) is 0 Å². The van der Waals surface area contributed by atoms with Gasteiger partial charge in [-0.2, -0.15) is 11.8 Å². The quantitative estimate of drug-likeness (QED) is 0.429. The predicted molar refractivity (Wildman–Crippen MR) is 86.2 cm³/mol. The fourth-order valence-corrected chi connectivity index (χ4v) is 2.91. The molecule has 0 amide bonds. The number of aliphatic hydroxyl groups excluding tert-OH is 1. The molecule has 0 rings (SSSR count). The summed E-state index contributed by atoms with van der Waals surface area (Å²) in [6.45, 7) is 9.47. The van der Waals surface area contributed by atoms with Crippen molar-refractivity contribution in [2.75, 3.05) is 25.5 Å². The lowest BCUT2D eigenvalue weighted by molar-refractivity contribution is -0.150. The summed E-state index contributed by atoms with van der Waals surface area (Å²) in [6, 6.07) is 0. The summed E-state index contributed by atoms with van der Waals surface area (Å²) in [6.07, 6.45) is 3.57. The second-order valence-electron chi connectivity index (χ2n) is 5.28. The maximum Gasteiger partial charge on any atom is 0.326 e. The molecular weight excluding hydrogens is 274 g/mol. The van der Waals surface area contributed by atoms with Crippen LogP contribution in [0.5, 0.6) is 0 Å². The van der Waals surface area contributed by atoms with Crippen molar-refractivity contribution in [2.45, 2.75) is 64.2 Å². The highest BCUT2D eigenvalue weighted by atomic mass is 32.2. The lowest BCUT2D eigenvalue weighted by Crippen LogP contribution is -2.50. The van der Waals surface area contributed by atoms with Gasteiger partial charge in [0.15, 0.2) is 0 Å². The number of aliphatic hydroxyl groups is 1. The van der Waals surface area contributed by atoms with Crippen molar-refractivity contribution in [2.24, 2.45) is 0 Å². The van der Waals surface area contributed by atoms with Gasteiger partial charge in [0, 0.05) is 11.9 Å². The van der Waals surface area contributed by atoms with Crippen LogP contribution in [0.1, 0.15) is 53.4 Å². The summed E-state index contributed by atoms with van der Waals surface area (Å²) < 4.78 is 5.18. The van der Waals surface area contributed by atoms with Gasteiger partial charge in [-0.25, -0.2) is 0 Å². The van der Waals surface area contributed by atoms with Crippen LogP contribution in [-0.4, -0.2) is 47.4 Å². The van der Waals surface area contributed by atoms with Crippen molar-refractivity contribution >= 4 is 17.7 Å². The molecule has 0 saturated heterocycles. The summed E-state index contributed by atoms with van der Waals surface area (Å²) in [5, 5.41) is 12.7. The molecule has 0 aromatic carbocycles. The van der Waals surface area contributed by atoms with E-state index in [1.54, 1.807) is 0 Å². The molecule has 0 heterocycles. The smallest absolute Gasteiger partial charge is 0.326 e. The highest BCUT2D eigenvalue weighted by Gasteiger charge is 2.33. The van der Waals surface area contributed by atoms with Crippen molar-refractivity contribution < 1.29 is 14.6 Å². The summed E-state index contributed by atoms with van der Waals surface area (Å²) in [5.41, 5.74) is -0.577. The van der Waals surface area contributed by atoms with Crippen LogP contribution in [0.15, 0.2) is 0 Å². The Balaban J connectivity index is 4.19. The summed E-state index contributed by atoms with van der Waals surface area (Å²) in [4.78, 5) is 12.1. The molecule has 0 aromatic heterocycles.